The van der Waals surface area contributed by atoms with Gasteiger partial charge in [-0.2, -0.15) is 0 Å². The van der Waals surface area contributed by atoms with Gasteiger partial charge in [-0.1, -0.05) is 6.07 Å². The molecule has 0 saturated carbocycles. The van der Waals surface area contributed by atoms with Gasteiger partial charge in [0, 0.05) is 17.8 Å². The van der Waals surface area contributed by atoms with Gasteiger partial charge in [0.1, 0.15) is 23.9 Å². The van der Waals surface area contributed by atoms with E-state index in [0.29, 0.717) is 41.1 Å². The summed E-state index contributed by atoms with van der Waals surface area (Å²) in [5, 5.41) is 12.0. The maximum absolute atomic E-state index is 12.4. The van der Waals surface area contributed by atoms with Crippen LogP contribution in [0.3, 0.4) is 0 Å². The number of carbonyl (C=O) groups is 1. The highest BCUT2D eigenvalue weighted by Crippen LogP contribution is 2.34. The first-order valence-electron chi connectivity index (χ1n) is 9.75. The first-order chi connectivity index (χ1) is 15.1. The molecule has 0 aliphatic heterocycles. The summed E-state index contributed by atoms with van der Waals surface area (Å²) in [6, 6.07) is 14.2. The lowest BCUT2D eigenvalue weighted by atomic mass is 10.1. The second kappa shape index (κ2) is 10.4. The SMILES string of the molecule is CCOc1ccc(/C=C/C(=O)Nc2ccc(-c3ccc(CO)o3)c(OC)c2)cc1OC. The van der Waals surface area contributed by atoms with Crippen molar-refractivity contribution in [3.63, 3.8) is 0 Å². The number of rotatable bonds is 9. The van der Waals surface area contributed by atoms with Gasteiger partial charge in [-0.25, -0.2) is 0 Å². The van der Waals surface area contributed by atoms with Gasteiger partial charge in [-0.05, 0) is 55.0 Å². The number of benzene rings is 2. The Morgan fingerprint density at radius 2 is 1.84 bits per heavy atom. The third-order valence-corrected chi connectivity index (χ3v) is 4.47. The first kappa shape index (κ1) is 22.0. The molecule has 2 aromatic carbocycles. The highest BCUT2D eigenvalue weighted by molar-refractivity contribution is 6.02. The Morgan fingerprint density at radius 1 is 1.03 bits per heavy atom. The molecule has 1 aromatic heterocycles. The van der Waals surface area contributed by atoms with Crippen molar-refractivity contribution in [2.24, 2.45) is 0 Å². The highest BCUT2D eigenvalue weighted by Gasteiger charge is 2.12. The van der Waals surface area contributed by atoms with Crippen LogP contribution in [0.2, 0.25) is 0 Å². The molecule has 0 bridgehead atoms. The number of carbonyl (C=O) groups excluding carboxylic acids is 1. The first-order valence-corrected chi connectivity index (χ1v) is 9.75. The molecule has 0 aliphatic rings. The van der Waals surface area contributed by atoms with Crippen molar-refractivity contribution in [3.8, 4) is 28.6 Å². The van der Waals surface area contributed by atoms with E-state index in [1.54, 1.807) is 62.8 Å². The summed E-state index contributed by atoms with van der Waals surface area (Å²) in [7, 11) is 3.11. The Kier molecular flexibility index (Phi) is 7.35. The molecular formula is C24H25NO6. The van der Waals surface area contributed by atoms with Crippen LogP contribution in [0.1, 0.15) is 18.2 Å². The van der Waals surface area contributed by atoms with E-state index >= 15 is 0 Å². The number of ether oxygens (including phenoxy) is 3. The molecule has 0 aliphatic carbocycles. The van der Waals surface area contributed by atoms with Crippen LogP contribution in [-0.2, 0) is 11.4 Å². The van der Waals surface area contributed by atoms with Gasteiger partial charge in [0.05, 0.1) is 26.4 Å². The minimum atomic E-state index is -0.289. The lowest BCUT2D eigenvalue weighted by molar-refractivity contribution is -0.111. The van der Waals surface area contributed by atoms with Crippen LogP contribution in [0.25, 0.3) is 17.4 Å². The topological polar surface area (TPSA) is 90.2 Å². The Balaban J connectivity index is 1.71. The van der Waals surface area contributed by atoms with E-state index in [4.69, 9.17) is 18.6 Å². The van der Waals surface area contributed by atoms with Gasteiger partial charge < -0.3 is 29.1 Å². The molecule has 162 valence electrons. The smallest absolute Gasteiger partial charge is 0.248 e. The fraction of sp³-hybridized carbons (Fsp3) is 0.208. The average molecular weight is 423 g/mol. The molecule has 0 atom stereocenters. The minimum absolute atomic E-state index is 0.178. The van der Waals surface area contributed by atoms with E-state index in [1.165, 1.54) is 6.08 Å². The molecule has 3 rings (SSSR count). The Hall–Kier alpha value is -3.71. The second-order valence-electron chi connectivity index (χ2n) is 6.51. The molecule has 31 heavy (non-hydrogen) atoms. The van der Waals surface area contributed by atoms with Crippen molar-refractivity contribution in [2.45, 2.75) is 13.5 Å². The largest absolute Gasteiger partial charge is 0.496 e. The van der Waals surface area contributed by atoms with Gasteiger partial charge in [0.25, 0.3) is 0 Å². The molecule has 0 radical (unpaired) electrons. The summed E-state index contributed by atoms with van der Waals surface area (Å²) in [5.74, 6) is 2.54. The number of amides is 1. The van der Waals surface area contributed by atoms with Crippen LogP contribution in [0.15, 0.2) is 59.0 Å². The molecule has 0 unspecified atom stereocenters. The van der Waals surface area contributed by atoms with Crippen molar-refractivity contribution in [2.75, 3.05) is 26.1 Å². The third-order valence-electron chi connectivity index (χ3n) is 4.47. The number of aliphatic hydroxyl groups is 1. The molecular weight excluding hydrogens is 398 g/mol. The number of nitrogens with one attached hydrogen (secondary N) is 1. The van der Waals surface area contributed by atoms with E-state index in [9.17, 15) is 9.90 Å². The van der Waals surface area contributed by atoms with E-state index in [-0.39, 0.29) is 12.5 Å². The predicted molar refractivity (Wildman–Crippen MR) is 118 cm³/mol. The molecule has 7 nitrogen and oxygen atoms in total. The van der Waals surface area contributed by atoms with Crippen molar-refractivity contribution < 1.29 is 28.5 Å². The number of furan rings is 1. The van der Waals surface area contributed by atoms with Gasteiger partial charge in [0.2, 0.25) is 5.91 Å². The number of methoxy groups -OCH3 is 2. The van der Waals surface area contributed by atoms with E-state index < -0.39 is 0 Å². The summed E-state index contributed by atoms with van der Waals surface area (Å²) < 4.78 is 21.8. The van der Waals surface area contributed by atoms with Crippen molar-refractivity contribution in [1.82, 2.24) is 0 Å². The van der Waals surface area contributed by atoms with Gasteiger partial charge in [-0.15, -0.1) is 0 Å². The van der Waals surface area contributed by atoms with Crippen molar-refractivity contribution >= 4 is 17.7 Å². The lowest BCUT2D eigenvalue weighted by Crippen LogP contribution is -2.07. The van der Waals surface area contributed by atoms with Crippen LogP contribution in [0.5, 0.6) is 17.2 Å². The molecule has 0 fully saturated rings. The minimum Gasteiger partial charge on any atom is -0.496 e. The van der Waals surface area contributed by atoms with Crippen LogP contribution in [-0.4, -0.2) is 31.8 Å². The Morgan fingerprint density at radius 3 is 2.52 bits per heavy atom. The summed E-state index contributed by atoms with van der Waals surface area (Å²) in [6.07, 6.45) is 3.13. The molecule has 2 N–H and O–H groups in total. The van der Waals surface area contributed by atoms with Gasteiger partial charge in [0.15, 0.2) is 11.5 Å². The van der Waals surface area contributed by atoms with Crippen LogP contribution >= 0.6 is 0 Å². The zero-order valence-corrected chi connectivity index (χ0v) is 17.7. The molecule has 1 amide bonds. The fourth-order valence-corrected chi connectivity index (χ4v) is 3.00. The third kappa shape index (κ3) is 5.46. The second-order valence-corrected chi connectivity index (χ2v) is 6.51. The predicted octanol–water partition coefficient (Wildman–Crippen LogP) is 4.51. The van der Waals surface area contributed by atoms with E-state index in [2.05, 4.69) is 5.32 Å². The molecule has 1 heterocycles. The number of anilines is 1. The lowest BCUT2D eigenvalue weighted by Gasteiger charge is -2.10. The monoisotopic (exact) mass is 423 g/mol. The van der Waals surface area contributed by atoms with E-state index in [0.717, 1.165) is 11.1 Å². The molecule has 0 saturated heterocycles. The number of hydrogen-bond acceptors (Lipinski definition) is 6. The zero-order valence-electron chi connectivity index (χ0n) is 17.7. The fourth-order valence-electron chi connectivity index (χ4n) is 3.00. The van der Waals surface area contributed by atoms with Gasteiger partial charge in [-0.3, -0.25) is 4.79 Å². The normalized spacial score (nSPS) is 10.8. The molecule has 7 heteroatoms. The Bertz CT molecular complexity index is 1070. The highest BCUT2D eigenvalue weighted by atomic mass is 16.5. The van der Waals surface area contributed by atoms with Crippen molar-refractivity contribution in [1.29, 1.82) is 0 Å². The molecule has 0 spiro atoms. The average Bonchev–Trinajstić information content (AvgIpc) is 3.27. The quantitative estimate of drug-likeness (QED) is 0.492. The standard InChI is InChI=1S/C24H25NO6/c1-4-30-21-10-5-16(13-23(21)29-3)6-12-24(27)25-17-7-9-19(22(14-17)28-2)20-11-8-18(15-26)31-20/h5-14,26H,4,15H2,1-3H3,(H,25,27)/b12-6+. The van der Waals surface area contributed by atoms with Crippen LogP contribution < -0.4 is 19.5 Å². The summed E-state index contributed by atoms with van der Waals surface area (Å²) in [4.78, 5) is 12.4. The maximum atomic E-state index is 12.4. The van der Waals surface area contributed by atoms with Gasteiger partial charge >= 0.3 is 0 Å². The summed E-state index contributed by atoms with van der Waals surface area (Å²) in [6.45, 7) is 2.27. The maximum Gasteiger partial charge on any atom is 0.248 e. The van der Waals surface area contributed by atoms with Crippen LogP contribution in [0.4, 0.5) is 5.69 Å². The summed E-state index contributed by atoms with van der Waals surface area (Å²) in [5.41, 5.74) is 2.10. The zero-order chi connectivity index (χ0) is 22.2. The van der Waals surface area contributed by atoms with E-state index in [1.807, 2.05) is 13.0 Å². The molecule has 3 aromatic rings. The Labute approximate surface area is 180 Å². The number of aliphatic hydroxyl groups excluding tert-OH is 1. The number of hydrogen-bond donors (Lipinski definition) is 2. The van der Waals surface area contributed by atoms with Crippen molar-refractivity contribution in [3.05, 3.63) is 65.9 Å². The van der Waals surface area contributed by atoms with Crippen LogP contribution in [0, 0.1) is 0 Å². The summed E-state index contributed by atoms with van der Waals surface area (Å²) >= 11 is 0.